The topological polar surface area (TPSA) is 138 Å². The molecule has 0 aromatic carbocycles. The van der Waals surface area contributed by atoms with Gasteiger partial charge in [0.2, 0.25) is 5.91 Å². The van der Waals surface area contributed by atoms with E-state index in [1.165, 1.54) is 34.3 Å². The summed E-state index contributed by atoms with van der Waals surface area (Å²) in [6.45, 7) is 0. The molecule has 12 heteroatoms. The van der Waals surface area contributed by atoms with Gasteiger partial charge in [0, 0.05) is 17.6 Å². The molecular weight excluding hydrogens is 403 g/mol. The first-order chi connectivity index (χ1) is 12.5. The Morgan fingerprint density at radius 2 is 2.22 bits per heavy atom. The van der Waals surface area contributed by atoms with Crippen LogP contribution in [0.25, 0.3) is 5.57 Å². The molecule has 136 valence electrons. The Morgan fingerprint density at radius 1 is 1.44 bits per heavy atom. The van der Waals surface area contributed by atoms with Crippen LogP contribution < -0.4 is 45.7 Å². The van der Waals surface area contributed by atoms with E-state index in [4.69, 9.17) is 10.5 Å². The smallest absolute Gasteiger partial charge is 0.548 e. The number of carbonyl (C=O) groups excluding carboxylic acids is 3. The van der Waals surface area contributed by atoms with Gasteiger partial charge in [-0.2, -0.15) is 0 Å². The number of thiazole rings is 1. The molecule has 3 aliphatic rings. The molecule has 0 bridgehead atoms. The van der Waals surface area contributed by atoms with Gasteiger partial charge in [-0.05, 0) is 6.08 Å². The van der Waals surface area contributed by atoms with Gasteiger partial charge in [0.05, 0.1) is 24.0 Å². The van der Waals surface area contributed by atoms with Crippen LogP contribution in [0.1, 0.15) is 12.1 Å². The second kappa shape index (κ2) is 7.84. The van der Waals surface area contributed by atoms with Crippen LogP contribution in [0.15, 0.2) is 23.5 Å². The number of aromatic nitrogens is 1. The number of carboxylic acids is 1. The molecule has 1 aromatic heterocycles. The van der Waals surface area contributed by atoms with Crippen LogP contribution >= 0.6 is 23.1 Å². The van der Waals surface area contributed by atoms with E-state index >= 15 is 0 Å². The van der Waals surface area contributed by atoms with Crippen LogP contribution in [0.2, 0.25) is 0 Å². The Hall–Kier alpha value is -1.53. The number of thioether (sulfide) groups is 1. The van der Waals surface area contributed by atoms with Crippen LogP contribution in [-0.4, -0.2) is 50.9 Å². The maximum Gasteiger partial charge on any atom is 1.00 e. The number of anilines is 1. The summed E-state index contributed by atoms with van der Waals surface area (Å²) in [5, 5.41) is 15.3. The zero-order valence-electron chi connectivity index (χ0n) is 14.2. The van der Waals surface area contributed by atoms with Crippen LogP contribution in [-0.2, 0) is 19.1 Å². The van der Waals surface area contributed by atoms with Crippen LogP contribution in [0.3, 0.4) is 0 Å². The normalized spacial score (nSPS) is 27.3. The summed E-state index contributed by atoms with van der Waals surface area (Å²) in [5.41, 5.74) is 6.25. The molecule has 2 fully saturated rings. The third kappa shape index (κ3) is 3.49. The minimum Gasteiger partial charge on any atom is -0.548 e. The maximum absolute atomic E-state index is 12.8. The van der Waals surface area contributed by atoms with E-state index in [1.54, 1.807) is 11.5 Å². The number of nitrogens with two attached hydrogens (primary N) is 1. The molecule has 0 saturated carbocycles. The summed E-state index contributed by atoms with van der Waals surface area (Å²) in [5.74, 6) is -1.57. The Balaban J connectivity index is 0.00000210. The summed E-state index contributed by atoms with van der Waals surface area (Å²) in [7, 11) is 0. The summed E-state index contributed by atoms with van der Waals surface area (Å²) < 4.78 is 5.37. The summed E-state index contributed by atoms with van der Waals surface area (Å²) in [6, 6.07) is -1.75. The van der Waals surface area contributed by atoms with Gasteiger partial charge in [0.15, 0.2) is 5.13 Å². The zero-order valence-corrected chi connectivity index (χ0v) is 17.8. The van der Waals surface area contributed by atoms with Crippen molar-refractivity contribution in [1.29, 1.82) is 0 Å². The van der Waals surface area contributed by atoms with Crippen molar-refractivity contribution in [2.45, 2.75) is 23.9 Å². The van der Waals surface area contributed by atoms with Gasteiger partial charge in [0.25, 0.3) is 5.91 Å². The fourth-order valence-electron chi connectivity index (χ4n) is 3.07. The van der Waals surface area contributed by atoms with E-state index in [2.05, 4.69) is 10.3 Å². The second-order valence-electron chi connectivity index (χ2n) is 5.82. The standard InChI is InChI=1S/C15H14N4O5S2.Na/c16-15-17-6(4-26-15)9(8-2-1-3-24-8)11(20)18-10-12(21)19-7(14(22)23)5-25-13(10)19;/h1,3-4,7,10,13H,2,5H2,(H2,16,17)(H,18,20)(H,22,23);/q;+1/p-1/b9-8+;/t7?,10?,13-;/m1./s1. The van der Waals surface area contributed by atoms with Crippen molar-refractivity contribution in [1.82, 2.24) is 15.2 Å². The minimum absolute atomic E-state index is 0. The fourth-order valence-corrected chi connectivity index (χ4v) is 5.09. The van der Waals surface area contributed by atoms with Crippen molar-refractivity contribution in [3.8, 4) is 0 Å². The van der Waals surface area contributed by atoms with E-state index in [0.29, 0.717) is 23.0 Å². The van der Waals surface area contributed by atoms with E-state index in [1.807, 2.05) is 0 Å². The number of nitrogens with one attached hydrogen (secondary N) is 1. The number of hydrogen-bond acceptors (Lipinski definition) is 9. The van der Waals surface area contributed by atoms with E-state index in [9.17, 15) is 19.5 Å². The van der Waals surface area contributed by atoms with Crippen molar-refractivity contribution < 1.29 is 53.8 Å². The number of amides is 2. The number of hydrogen-bond donors (Lipinski definition) is 2. The van der Waals surface area contributed by atoms with Gasteiger partial charge in [-0.1, -0.05) is 0 Å². The summed E-state index contributed by atoms with van der Waals surface area (Å²) >= 11 is 2.49. The van der Waals surface area contributed by atoms with Crippen molar-refractivity contribution in [2.24, 2.45) is 0 Å². The number of fused-ring (bicyclic) bond motifs is 1. The molecule has 27 heavy (non-hydrogen) atoms. The average molecular weight is 416 g/mol. The number of aliphatic carboxylic acids is 1. The SMILES string of the molecule is Nc1nc(/C(C(=O)NC2C(=O)N3C(C(=O)[O-])CS[C@H]23)=C2/CC=CO2)cs1.[Na+]. The van der Waals surface area contributed by atoms with Crippen molar-refractivity contribution in [2.75, 3.05) is 11.5 Å². The number of nitrogen functional groups attached to an aromatic ring is 1. The number of nitrogens with zero attached hydrogens (tertiary/aromatic N) is 2. The number of rotatable bonds is 4. The third-order valence-corrected chi connectivity index (χ3v) is 6.32. The molecule has 0 spiro atoms. The summed E-state index contributed by atoms with van der Waals surface area (Å²) in [4.78, 5) is 41.6. The van der Waals surface area contributed by atoms with E-state index < -0.39 is 35.2 Å². The molecule has 0 radical (unpaired) electrons. The van der Waals surface area contributed by atoms with E-state index in [0.717, 1.165) is 0 Å². The number of allylic oxidation sites excluding steroid dienone is 1. The first kappa shape index (κ1) is 20.2. The Kier molecular flexibility index (Phi) is 5.87. The van der Waals surface area contributed by atoms with Gasteiger partial charge >= 0.3 is 29.6 Å². The van der Waals surface area contributed by atoms with Gasteiger partial charge in [0.1, 0.15) is 22.7 Å². The molecule has 9 nitrogen and oxygen atoms in total. The molecule has 1 aromatic rings. The van der Waals surface area contributed by atoms with Gasteiger partial charge in [-0.3, -0.25) is 9.59 Å². The average Bonchev–Trinajstić information content (AvgIpc) is 3.32. The maximum atomic E-state index is 12.8. The van der Waals surface area contributed by atoms with Crippen molar-refractivity contribution >= 4 is 51.6 Å². The van der Waals surface area contributed by atoms with Crippen LogP contribution in [0.4, 0.5) is 5.13 Å². The van der Waals surface area contributed by atoms with Gasteiger partial charge in [-0.15, -0.1) is 23.1 Å². The van der Waals surface area contributed by atoms with Crippen molar-refractivity contribution in [3.05, 3.63) is 29.2 Å². The van der Waals surface area contributed by atoms with E-state index in [-0.39, 0.29) is 40.9 Å². The predicted octanol–water partition coefficient (Wildman–Crippen LogP) is -4.11. The first-order valence-electron chi connectivity index (χ1n) is 7.69. The van der Waals surface area contributed by atoms with Gasteiger partial charge in [-0.25, -0.2) is 4.98 Å². The van der Waals surface area contributed by atoms with Gasteiger partial charge < -0.3 is 30.6 Å². The number of carbonyl (C=O) groups is 3. The molecule has 2 unspecified atom stereocenters. The monoisotopic (exact) mass is 416 g/mol. The number of β-lactam (4-membered cyclic amide) rings is 1. The first-order valence-corrected chi connectivity index (χ1v) is 9.62. The Labute approximate surface area is 184 Å². The molecule has 3 atom stereocenters. The molecule has 3 N–H and O–H groups in total. The molecule has 0 aliphatic carbocycles. The summed E-state index contributed by atoms with van der Waals surface area (Å²) in [6.07, 6.45) is 3.66. The largest absolute Gasteiger partial charge is 1.00 e. The van der Waals surface area contributed by atoms with Crippen LogP contribution in [0.5, 0.6) is 0 Å². The molecular formula is C15H13N4NaO5S2. The van der Waals surface area contributed by atoms with Crippen LogP contribution in [0, 0.1) is 0 Å². The number of carboxylic acid groups (broad SMARTS) is 1. The predicted molar refractivity (Wildman–Crippen MR) is 92.1 cm³/mol. The molecule has 4 heterocycles. The second-order valence-corrected chi connectivity index (χ2v) is 7.86. The Bertz CT molecular complexity index is 860. The quantitative estimate of drug-likeness (QED) is 0.287. The fraction of sp³-hybridized carbons (Fsp3) is 0.333. The molecule has 4 rings (SSSR count). The zero-order chi connectivity index (χ0) is 18.4. The number of ether oxygens (including phenoxy) is 1. The third-order valence-electron chi connectivity index (χ3n) is 4.29. The molecule has 3 aliphatic heterocycles. The molecule has 2 amide bonds. The van der Waals surface area contributed by atoms with Crippen molar-refractivity contribution in [3.63, 3.8) is 0 Å². The Morgan fingerprint density at radius 3 is 2.81 bits per heavy atom. The molecule has 2 saturated heterocycles. The minimum atomic E-state index is -1.29.